The molecule has 13 heavy (non-hydrogen) atoms. The van der Waals surface area contributed by atoms with Crippen molar-refractivity contribution in [3.05, 3.63) is 0 Å². The minimum atomic E-state index is -3.52. The molecule has 0 saturated heterocycles. The summed E-state index contributed by atoms with van der Waals surface area (Å²) in [7, 11) is 0. The van der Waals surface area contributed by atoms with Crippen LogP contribution >= 0.6 is 0 Å². The smallest absolute Gasteiger partial charge is 0.353 e. The minimum absolute atomic E-state index is 0.852. The van der Waals surface area contributed by atoms with Gasteiger partial charge in [-0.1, -0.05) is 0 Å². The molecule has 3 N–H and O–H groups in total. The summed E-state index contributed by atoms with van der Waals surface area (Å²) in [6, 6.07) is 0. The predicted octanol–water partition coefficient (Wildman–Crippen LogP) is -0.271. The van der Waals surface area contributed by atoms with Gasteiger partial charge in [-0.25, -0.2) is 14.0 Å². The summed E-state index contributed by atoms with van der Waals surface area (Å²) < 4.78 is 12.9. The van der Waals surface area contributed by atoms with E-state index in [0.29, 0.717) is 0 Å². The lowest BCUT2D eigenvalue weighted by atomic mass is 10.0. The van der Waals surface area contributed by atoms with Crippen LogP contribution in [-0.4, -0.2) is 38.9 Å². The van der Waals surface area contributed by atoms with Crippen LogP contribution in [0, 0.1) is 0 Å². The van der Waals surface area contributed by atoms with Gasteiger partial charge in [0.1, 0.15) is 0 Å². The zero-order valence-corrected chi connectivity index (χ0v) is 6.36. The molecule has 0 aliphatic heterocycles. The summed E-state index contributed by atoms with van der Waals surface area (Å²) in [5.74, 6) is -5.84. The fraction of sp³-hybridized carbons (Fsp3) is 0.500. The van der Waals surface area contributed by atoms with Gasteiger partial charge in [0.25, 0.3) is 0 Å². The predicted molar refractivity (Wildman–Crippen MR) is 36.0 cm³/mol. The van der Waals surface area contributed by atoms with E-state index in [1.54, 1.807) is 0 Å². The normalized spacial score (nSPS) is 10.8. The van der Waals surface area contributed by atoms with E-state index in [1.165, 1.54) is 0 Å². The molecule has 0 radical (unpaired) electrons. The van der Waals surface area contributed by atoms with Crippen LogP contribution in [-0.2, 0) is 14.4 Å². The highest BCUT2D eigenvalue weighted by Crippen LogP contribution is 2.19. The third-order valence-corrected chi connectivity index (χ3v) is 1.36. The van der Waals surface area contributed by atoms with Crippen molar-refractivity contribution in [1.82, 2.24) is 0 Å². The van der Waals surface area contributed by atoms with Crippen molar-refractivity contribution in [1.29, 1.82) is 0 Å². The minimum Gasteiger partial charge on any atom is -0.481 e. The van der Waals surface area contributed by atoms with Crippen molar-refractivity contribution < 1.29 is 34.1 Å². The van der Waals surface area contributed by atoms with Crippen LogP contribution in [0.1, 0.15) is 12.8 Å². The Morgan fingerprint density at radius 2 is 1.46 bits per heavy atom. The molecular weight excluding hydrogens is 187 g/mol. The maximum absolute atomic E-state index is 12.9. The Morgan fingerprint density at radius 3 is 1.69 bits per heavy atom. The van der Waals surface area contributed by atoms with E-state index in [2.05, 4.69) is 0 Å². The number of hydrogen-bond donors (Lipinski definition) is 3. The number of aliphatic carboxylic acids is 3. The van der Waals surface area contributed by atoms with Crippen molar-refractivity contribution in [2.45, 2.75) is 18.5 Å². The van der Waals surface area contributed by atoms with Gasteiger partial charge in [0, 0.05) is 12.8 Å². The zero-order chi connectivity index (χ0) is 10.6. The fourth-order valence-electron chi connectivity index (χ4n) is 0.585. The van der Waals surface area contributed by atoms with E-state index < -0.39 is 36.4 Å². The Labute approximate surface area is 71.6 Å². The number of alkyl halides is 1. The van der Waals surface area contributed by atoms with Gasteiger partial charge in [0.15, 0.2) is 0 Å². The molecule has 0 saturated carbocycles. The molecule has 0 aromatic heterocycles. The standard InChI is InChI=1S/C6H7FO6/c7-6(4(10)11,5(12)13)2-1-3(8)9/h1-2H2,(H,8,9)(H,10,11)(H,12,13). The maximum atomic E-state index is 12.9. The quantitative estimate of drug-likeness (QED) is 0.519. The van der Waals surface area contributed by atoms with Gasteiger partial charge >= 0.3 is 23.6 Å². The maximum Gasteiger partial charge on any atom is 0.353 e. The first-order valence-electron chi connectivity index (χ1n) is 3.18. The van der Waals surface area contributed by atoms with Crippen LogP contribution in [0.15, 0.2) is 0 Å². The first kappa shape index (κ1) is 11.3. The van der Waals surface area contributed by atoms with Crippen LogP contribution < -0.4 is 0 Å². The Kier molecular flexibility index (Phi) is 3.34. The Balaban J connectivity index is 4.52. The van der Waals surface area contributed by atoms with Crippen LogP contribution in [0.5, 0.6) is 0 Å². The van der Waals surface area contributed by atoms with E-state index in [1.807, 2.05) is 0 Å². The van der Waals surface area contributed by atoms with E-state index in [0.717, 1.165) is 0 Å². The Bertz CT molecular complexity index is 234. The number of halogens is 1. The van der Waals surface area contributed by atoms with Crippen LogP contribution in [0.25, 0.3) is 0 Å². The molecule has 0 bridgehead atoms. The van der Waals surface area contributed by atoms with Crippen molar-refractivity contribution in [2.24, 2.45) is 0 Å². The Hall–Kier alpha value is -1.66. The van der Waals surface area contributed by atoms with Crippen molar-refractivity contribution in [3.8, 4) is 0 Å². The molecular formula is C6H7FO6. The van der Waals surface area contributed by atoms with E-state index in [-0.39, 0.29) is 0 Å². The van der Waals surface area contributed by atoms with E-state index in [9.17, 15) is 18.8 Å². The monoisotopic (exact) mass is 194 g/mol. The van der Waals surface area contributed by atoms with Crippen LogP contribution in [0.2, 0.25) is 0 Å². The number of rotatable bonds is 5. The van der Waals surface area contributed by atoms with Gasteiger partial charge in [-0.3, -0.25) is 4.79 Å². The average Bonchev–Trinajstić information content (AvgIpc) is 1.99. The number of carbonyl (C=O) groups is 3. The Morgan fingerprint density at radius 1 is 1.08 bits per heavy atom. The molecule has 7 heteroatoms. The van der Waals surface area contributed by atoms with Crippen molar-refractivity contribution in [2.75, 3.05) is 0 Å². The fourth-order valence-corrected chi connectivity index (χ4v) is 0.585. The van der Waals surface area contributed by atoms with Crippen molar-refractivity contribution >= 4 is 17.9 Å². The molecule has 0 unspecified atom stereocenters. The van der Waals surface area contributed by atoms with Gasteiger partial charge < -0.3 is 15.3 Å². The lowest BCUT2D eigenvalue weighted by molar-refractivity contribution is -0.167. The van der Waals surface area contributed by atoms with E-state index in [4.69, 9.17) is 15.3 Å². The summed E-state index contributed by atoms with van der Waals surface area (Å²) >= 11 is 0. The zero-order valence-electron chi connectivity index (χ0n) is 6.36. The van der Waals surface area contributed by atoms with Gasteiger partial charge in [0.2, 0.25) is 0 Å². The van der Waals surface area contributed by atoms with Gasteiger partial charge in [0.05, 0.1) is 0 Å². The molecule has 0 aromatic carbocycles. The number of carboxylic acids is 3. The van der Waals surface area contributed by atoms with Crippen LogP contribution in [0.3, 0.4) is 0 Å². The second kappa shape index (κ2) is 3.83. The molecule has 0 aromatic rings. The lowest BCUT2D eigenvalue weighted by Gasteiger charge is -2.13. The highest BCUT2D eigenvalue weighted by atomic mass is 19.1. The average molecular weight is 194 g/mol. The number of carboxylic acid groups (broad SMARTS) is 3. The van der Waals surface area contributed by atoms with Crippen LogP contribution in [0.4, 0.5) is 4.39 Å². The van der Waals surface area contributed by atoms with Gasteiger partial charge in [-0.2, -0.15) is 0 Å². The molecule has 0 aliphatic rings. The second-order valence-electron chi connectivity index (χ2n) is 2.31. The molecule has 0 rings (SSSR count). The second-order valence-corrected chi connectivity index (χ2v) is 2.31. The summed E-state index contributed by atoms with van der Waals surface area (Å²) in [6.07, 6.45) is -1.94. The molecule has 0 fully saturated rings. The largest absolute Gasteiger partial charge is 0.481 e. The first-order chi connectivity index (χ1) is 5.80. The third-order valence-electron chi connectivity index (χ3n) is 1.36. The molecule has 0 spiro atoms. The van der Waals surface area contributed by atoms with E-state index >= 15 is 0 Å². The van der Waals surface area contributed by atoms with Crippen molar-refractivity contribution in [3.63, 3.8) is 0 Å². The van der Waals surface area contributed by atoms with Gasteiger partial charge in [-0.05, 0) is 0 Å². The van der Waals surface area contributed by atoms with Gasteiger partial charge in [-0.15, -0.1) is 0 Å². The SMILES string of the molecule is O=C(O)CCC(F)(C(=O)O)C(=O)O. The first-order valence-corrected chi connectivity index (χ1v) is 3.18. The number of hydrogen-bond acceptors (Lipinski definition) is 3. The summed E-state index contributed by atoms with van der Waals surface area (Å²) in [4.78, 5) is 30.2. The topological polar surface area (TPSA) is 112 Å². The lowest BCUT2D eigenvalue weighted by Crippen LogP contribution is -2.42. The highest BCUT2D eigenvalue weighted by Gasteiger charge is 2.47. The molecule has 74 valence electrons. The summed E-state index contributed by atoms with van der Waals surface area (Å²) in [6.45, 7) is 0. The highest BCUT2D eigenvalue weighted by molar-refractivity contribution is 6.01. The third kappa shape index (κ3) is 2.69. The molecule has 6 nitrogen and oxygen atoms in total. The molecule has 0 amide bonds. The summed E-state index contributed by atoms with van der Waals surface area (Å²) in [5, 5.41) is 24.4. The molecule has 0 aliphatic carbocycles. The molecule has 0 heterocycles. The summed E-state index contributed by atoms with van der Waals surface area (Å²) in [5.41, 5.74) is -3.52. The molecule has 0 atom stereocenters.